The Kier molecular flexibility index (Phi) is 3.62. The van der Waals surface area contributed by atoms with Crippen molar-refractivity contribution in [2.75, 3.05) is 0 Å². The molecule has 0 saturated heterocycles. The van der Waals surface area contributed by atoms with E-state index in [4.69, 9.17) is 11.6 Å². The Morgan fingerprint density at radius 2 is 1.95 bits per heavy atom. The van der Waals surface area contributed by atoms with Crippen LogP contribution < -0.4 is 5.56 Å². The topological polar surface area (TPSA) is 50.7 Å². The molecule has 4 nitrogen and oxygen atoms in total. The van der Waals surface area contributed by atoms with Crippen molar-refractivity contribution in [2.24, 2.45) is 0 Å². The molecule has 106 valence electrons. The maximum absolute atomic E-state index is 12.1. The molecule has 0 spiro atoms. The lowest BCUT2D eigenvalue weighted by Gasteiger charge is -2.02. The lowest BCUT2D eigenvalue weighted by atomic mass is 10.1. The van der Waals surface area contributed by atoms with E-state index in [2.05, 4.69) is 10.1 Å². The van der Waals surface area contributed by atoms with Crippen molar-refractivity contribution in [1.82, 2.24) is 14.8 Å². The predicted octanol–water partition coefficient (Wildman–Crippen LogP) is 3.11. The Balaban J connectivity index is 1.91. The first kappa shape index (κ1) is 13.6. The third-order valence-electron chi connectivity index (χ3n) is 3.21. The van der Waals surface area contributed by atoms with Crippen LogP contribution in [-0.2, 0) is 6.42 Å². The molecule has 3 aromatic rings. The minimum Gasteiger partial charge on any atom is -0.293 e. The summed E-state index contributed by atoms with van der Waals surface area (Å²) in [5, 5.41) is 3.80. The van der Waals surface area contributed by atoms with Crippen LogP contribution in [-0.4, -0.2) is 14.8 Å². The van der Waals surface area contributed by atoms with E-state index in [1.54, 1.807) is 12.3 Å². The molecular weight excluding hydrogens is 286 g/mol. The van der Waals surface area contributed by atoms with Crippen LogP contribution in [0, 0.1) is 6.92 Å². The van der Waals surface area contributed by atoms with E-state index in [0.29, 0.717) is 17.3 Å². The highest BCUT2D eigenvalue weighted by molar-refractivity contribution is 6.30. The van der Waals surface area contributed by atoms with Gasteiger partial charge in [0.15, 0.2) is 5.82 Å². The molecule has 0 bridgehead atoms. The molecule has 0 aliphatic carbocycles. The number of hydrogen-bond donors (Lipinski definition) is 1. The first-order chi connectivity index (χ1) is 10.1. The van der Waals surface area contributed by atoms with Gasteiger partial charge in [-0.05, 0) is 42.3 Å². The van der Waals surface area contributed by atoms with E-state index in [0.717, 1.165) is 16.8 Å². The van der Waals surface area contributed by atoms with Gasteiger partial charge in [0, 0.05) is 29.4 Å². The first-order valence-corrected chi connectivity index (χ1v) is 6.98. The third kappa shape index (κ3) is 3.06. The van der Waals surface area contributed by atoms with Crippen molar-refractivity contribution < 1.29 is 0 Å². The first-order valence-electron chi connectivity index (χ1n) is 6.60. The summed E-state index contributed by atoms with van der Waals surface area (Å²) >= 11 is 5.87. The van der Waals surface area contributed by atoms with Gasteiger partial charge in [0.2, 0.25) is 0 Å². The number of nitrogens with zero attached hydrogens (tertiary/aromatic N) is 2. The summed E-state index contributed by atoms with van der Waals surface area (Å²) < 4.78 is 1.46. The van der Waals surface area contributed by atoms with Gasteiger partial charge in [-0.1, -0.05) is 23.7 Å². The number of nitrogens with one attached hydrogen (secondary N) is 1. The fourth-order valence-electron chi connectivity index (χ4n) is 2.17. The Morgan fingerprint density at radius 1 is 1.19 bits per heavy atom. The summed E-state index contributed by atoms with van der Waals surface area (Å²) in [7, 11) is 0. The second-order valence-electron chi connectivity index (χ2n) is 4.95. The Morgan fingerprint density at radius 3 is 2.67 bits per heavy atom. The molecule has 0 atom stereocenters. The highest BCUT2D eigenvalue weighted by Crippen LogP contribution is 2.12. The van der Waals surface area contributed by atoms with Gasteiger partial charge in [-0.25, -0.2) is 9.67 Å². The van der Waals surface area contributed by atoms with Gasteiger partial charge in [-0.3, -0.25) is 9.89 Å². The zero-order valence-electron chi connectivity index (χ0n) is 11.5. The van der Waals surface area contributed by atoms with Gasteiger partial charge in [0.1, 0.15) is 0 Å². The SMILES string of the molecule is Cc1ccnc(-n2[nH]c(Cc3ccc(Cl)cc3)cc2=O)c1. The predicted molar refractivity (Wildman–Crippen MR) is 83.2 cm³/mol. The number of rotatable bonds is 3. The average molecular weight is 300 g/mol. The molecule has 5 heteroatoms. The van der Waals surface area contributed by atoms with Gasteiger partial charge < -0.3 is 0 Å². The van der Waals surface area contributed by atoms with Crippen molar-refractivity contribution in [1.29, 1.82) is 0 Å². The van der Waals surface area contributed by atoms with E-state index in [1.165, 1.54) is 4.68 Å². The van der Waals surface area contributed by atoms with Crippen molar-refractivity contribution in [3.63, 3.8) is 0 Å². The largest absolute Gasteiger partial charge is 0.293 e. The van der Waals surface area contributed by atoms with Crippen LogP contribution in [0.25, 0.3) is 5.82 Å². The summed E-state index contributed by atoms with van der Waals surface area (Å²) in [6.07, 6.45) is 2.34. The van der Waals surface area contributed by atoms with E-state index in [1.807, 2.05) is 43.3 Å². The smallest absolute Gasteiger partial charge is 0.272 e. The molecule has 0 fully saturated rings. The summed E-state index contributed by atoms with van der Waals surface area (Å²) in [5.74, 6) is 0.599. The standard InChI is InChI=1S/C16H14ClN3O/c1-11-6-7-18-15(8-11)20-16(21)10-14(19-20)9-12-2-4-13(17)5-3-12/h2-8,10,19H,9H2,1H3. The molecule has 1 aromatic carbocycles. The highest BCUT2D eigenvalue weighted by Gasteiger charge is 2.07. The summed E-state index contributed by atoms with van der Waals surface area (Å²) in [6.45, 7) is 1.97. The number of pyridine rings is 1. The lowest BCUT2D eigenvalue weighted by Crippen LogP contribution is -2.14. The monoisotopic (exact) mass is 299 g/mol. The zero-order valence-corrected chi connectivity index (χ0v) is 12.3. The highest BCUT2D eigenvalue weighted by atomic mass is 35.5. The van der Waals surface area contributed by atoms with Crippen LogP contribution in [0.5, 0.6) is 0 Å². The summed E-state index contributed by atoms with van der Waals surface area (Å²) in [5.41, 5.74) is 2.87. The molecule has 0 saturated carbocycles. The minimum atomic E-state index is -0.114. The average Bonchev–Trinajstić information content (AvgIpc) is 2.82. The van der Waals surface area contributed by atoms with Gasteiger partial charge in [0.25, 0.3) is 5.56 Å². The second kappa shape index (κ2) is 5.58. The number of hydrogen-bond acceptors (Lipinski definition) is 2. The third-order valence-corrected chi connectivity index (χ3v) is 3.46. The molecule has 0 aliphatic rings. The molecule has 2 aromatic heterocycles. The number of aryl methyl sites for hydroxylation is 1. The van der Waals surface area contributed by atoms with Crippen LogP contribution >= 0.6 is 11.6 Å². The maximum Gasteiger partial charge on any atom is 0.272 e. The summed E-state index contributed by atoms with van der Waals surface area (Å²) in [4.78, 5) is 16.3. The molecule has 2 heterocycles. The number of aromatic nitrogens is 3. The van der Waals surface area contributed by atoms with Crippen molar-refractivity contribution in [3.8, 4) is 5.82 Å². The molecule has 1 N–H and O–H groups in total. The Bertz CT molecular complexity index is 818. The van der Waals surface area contributed by atoms with Crippen molar-refractivity contribution >= 4 is 11.6 Å². The number of H-pyrrole nitrogens is 1. The van der Waals surface area contributed by atoms with Gasteiger partial charge in [-0.15, -0.1) is 0 Å². The fourth-order valence-corrected chi connectivity index (χ4v) is 2.30. The minimum absolute atomic E-state index is 0.114. The quantitative estimate of drug-likeness (QED) is 0.808. The van der Waals surface area contributed by atoms with Gasteiger partial charge in [0.05, 0.1) is 0 Å². The normalized spacial score (nSPS) is 10.8. The van der Waals surface area contributed by atoms with Crippen LogP contribution in [0.15, 0.2) is 53.5 Å². The van der Waals surface area contributed by atoms with Crippen LogP contribution in [0.1, 0.15) is 16.8 Å². The number of aromatic amines is 1. The Hall–Kier alpha value is -2.33. The van der Waals surface area contributed by atoms with E-state index in [9.17, 15) is 4.79 Å². The lowest BCUT2D eigenvalue weighted by molar-refractivity contribution is 0.797. The number of benzene rings is 1. The zero-order chi connectivity index (χ0) is 14.8. The van der Waals surface area contributed by atoms with E-state index < -0.39 is 0 Å². The molecule has 0 aliphatic heterocycles. The molecule has 0 radical (unpaired) electrons. The van der Waals surface area contributed by atoms with Crippen LogP contribution in [0.4, 0.5) is 0 Å². The second-order valence-corrected chi connectivity index (χ2v) is 5.39. The molecule has 21 heavy (non-hydrogen) atoms. The van der Waals surface area contributed by atoms with Crippen molar-refractivity contribution in [3.05, 3.63) is 80.9 Å². The molecular formula is C16H14ClN3O. The number of halogens is 1. The molecule has 0 unspecified atom stereocenters. The van der Waals surface area contributed by atoms with E-state index >= 15 is 0 Å². The summed E-state index contributed by atoms with van der Waals surface area (Å²) in [6, 6.07) is 12.9. The van der Waals surface area contributed by atoms with E-state index in [-0.39, 0.29) is 5.56 Å². The van der Waals surface area contributed by atoms with Crippen LogP contribution in [0.2, 0.25) is 5.02 Å². The van der Waals surface area contributed by atoms with Gasteiger partial charge >= 0.3 is 0 Å². The fraction of sp³-hybridized carbons (Fsp3) is 0.125. The van der Waals surface area contributed by atoms with Gasteiger partial charge in [-0.2, -0.15) is 0 Å². The molecule has 3 rings (SSSR count). The molecule has 0 amide bonds. The Labute approximate surface area is 127 Å². The maximum atomic E-state index is 12.1. The van der Waals surface area contributed by atoms with Crippen LogP contribution in [0.3, 0.4) is 0 Å². The van der Waals surface area contributed by atoms with Crippen molar-refractivity contribution in [2.45, 2.75) is 13.3 Å².